The fraction of sp³-hybridized carbons (Fsp3) is 0.509. The van der Waals surface area contributed by atoms with Crippen LogP contribution in [0, 0.1) is 28.4 Å². The molecule has 1 amide bonds. The maximum absolute atomic E-state index is 14.9. The lowest BCUT2D eigenvalue weighted by atomic mass is 9.59. The molecule has 1 spiro atoms. The van der Waals surface area contributed by atoms with Gasteiger partial charge in [0.2, 0.25) is 5.88 Å². The number of phosphoric acid groups is 1. The number of phosphoric ester groups is 1. The van der Waals surface area contributed by atoms with E-state index in [1.54, 1.807) is 19.2 Å². The lowest BCUT2D eigenvalue weighted by Gasteiger charge is -2.57. The number of amides is 1. The lowest BCUT2D eigenvalue weighted by molar-refractivity contribution is -0.384. The van der Waals surface area contributed by atoms with Gasteiger partial charge in [0.25, 0.3) is 21.6 Å². The number of nitro groups is 1. The standard InChI is InChI=1S/C53H63N8O13PS/c1-32-5-3-4-6-38(32)45-30-71-22-20-59(45)36-27-53(28-36)15-18-58(19-16-53)35-7-8-39(42(24-35)60-41-12-21-70-31-47(41)73-51-44(60)23-34-11-17-54-49(34)56-51)50(62)57-76(68,69)37-25-43(61(63)64)48-46(26-37)72-29-40(55-48)33-9-13-52(2,14-10-33)74-75(65,66)67/h3-8,11,17,23-26,33,36,40-41,45,47,55H,9-10,12-16,18-22,27-31H2,1-2H3,(H,54,56)(H,57,62)(H2,65,66,67)/t33?,40-,41-,45-,47-,52?/m0/s1. The molecular weight excluding hydrogens is 1020 g/mol. The Balaban J connectivity index is 0.818. The zero-order chi connectivity index (χ0) is 52.7. The molecule has 5 aromatic rings. The van der Waals surface area contributed by atoms with Crippen LogP contribution in [-0.4, -0.2) is 126 Å². The fourth-order valence-electron chi connectivity index (χ4n) is 13.2. The topological polar surface area (TPSA) is 260 Å². The summed E-state index contributed by atoms with van der Waals surface area (Å²) < 4.78 is 72.3. The second-order valence-corrected chi connectivity index (χ2v) is 24.9. The molecule has 7 aliphatic rings. The van der Waals surface area contributed by atoms with Crippen LogP contribution in [0.3, 0.4) is 0 Å². The Labute approximate surface area is 440 Å². The van der Waals surface area contributed by atoms with Crippen molar-refractivity contribution in [3.05, 3.63) is 99.7 Å². The van der Waals surface area contributed by atoms with Crippen LogP contribution in [0.5, 0.6) is 11.6 Å². The summed E-state index contributed by atoms with van der Waals surface area (Å²) in [6.07, 6.45) is 7.77. The van der Waals surface area contributed by atoms with Crippen LogP contribution in [0.1, 0.15) is 92.2 Å². The van der Waals surface area contributed by atoms with Crippen molar-refractivity contribution in [3.8, 4) is 11.6 Å². The van der Waals surface area contributed by atoms with Gasteiger partial charge in [-0.3, -0.25) is 24.3 Å². The highest BCUT2D eigenvalue weighted by Gasteiger charge is 2.50. The Hall–Kier alpha value is -5.84. The maximum atomic E-state index is 14.9. The van der Waals surface area contributed by atoms with Crippen molar-refractivity contribution in [1.29, 1.82) is 0 Å². The van der Waals surface area contributed by atoms with Gasteiger partial charge in [0.15, 0.2) is 11.4 Å². The van der Waals surface area contributed by atoms with Crippen LogP contribution < -0.4 is 29.3 Å². The molecule has 5 aliphatic heterocycles. The molecule has 7 heterocycles. The molecule has 2 aliphatic carbocycles. The third-order valence-corrected chi connectivity index (χ3v) is 19.3. The number of morpholine rings is 1. The number of aromatic amines is 1. The number of nitrogens with zero attached hydrogens (tertiary/aromatic N) is 5. The van der Waals surface area contributed by atoms with E-state index in [0.29, 0.717) is 74.3 Å². The Kier molecular flexibility index (Phi) is 13.1. The number of fused-ring (bicyclic) bond motifs is 4. The van der Waals surface area contributed by atoms with E-state index in [4.69, 9.17) is 28.5 Å². The summed E-state index contributed by atoms with van der Waals surface area (Å²) in [5.41, 5.74) is 3.86. The summed E-state index contributed by atoms with van der Waals surface area (Å²) in [6.45, 7) is 8.49. The van der Waals surface area contributed by atoms with E-state index in [2.05, 4.69) is 56.0 Å². The van der Waals surface area contributed by atoms with Gasteiger partial charge in [-0.2, -0.15) is 4.98 Å². The molecule has 0 radical (unpaired) electrons. The van der Waals surface area contributed by atoms with Crippen LogP contribution in [0.2, 0.25) is 0 Å². The van der Waals surface area contributed by atoms with Crippen molar-refractivity contribution in [2.45, 2.75) is 112 Å². The van der Waals surface area contributed by atoms with E-state index < -0.39 is 57.0 Å². The number of hydrogen-bond donors (Lipinski definition) is 5. The summed E-state index contributed by atoms with van der Waals surface area (Å²) in [5, 5.41) is 16.7. The van der Waals surface area contributed by atoms with Crippen LogP contribution in [0.15, 0.2) is 77.8 Å². The van der Waals surface area contributed by atoms with E-state index in [-0.39, 0.29) is 53.6 Å². The number of nitro benzene ring substituents is 1. The summed E-state index contributed by atoms with van der Waals surface area (Å²) in [4.78, 5) is 60.2. The zero-order valence-electron chi connectivity index (χ0n) is 42.4. The molecular formula is C53H63N8O13PS. The van der Waals surface area contributed by atoms with Gasteiger partial charge in [-0.25, -0.2) is 17.7 Å². The average molecular weight is 1080 g/mol. The van der Waals surface area contributed by atoms with Gasteiger partial charge in [-0.1, -0.05) is 24.3 Å². The number of ether oxygens (including phenoxy) is 4. The first-order valence-electron chi connectivity index (χ1n) is 26.3. The molecule has 3 saturated heterocycles. The van der Waals surface area contributed by atoms with Crippen LogP contribution in [0.25, 0.3) is 11.0 Å². The zero-order valence-corrected chi connectivity index (χ0v) is 44.1. The van der Waals surface area contributed by atoms with Gasteiger partial charge in [-0.15, -0.1) is 0 Å². The second kappa shape index (κ2) is 19.6. The highest BCUT2D eigenvalue weighted by atomic mass is 32.2. The number of sulfonamides is 1. The van der Waals surface area contributed by atoms with E-state index in [9.17, 15) is 37.7 Å². The van der Waals surface area contributed by atoms with Crippen molar-refractivity contribution in [3.63, 3.8) is 0 Å². The molecule has 2 saturated carbocycles. The molecule has 2 aromatic heterocycles. The van der Waals surface area contributed by atoms with Gasteiger partial charge in [0.1, 0.15) is 24.0 Å². The van der Waals surface area contributed by atoms with Gasteiger partial charge in [0, 0.05) is 61.7 Å². The molecule has 4 atom stereocenters. The second-order valence-electron chi connectivity index (χ2n) is 22.1. The number of pyridine rings is 1. The molecule has 3 aromatic carbocycles. The number of H-pyrrole nitrogens is 1. The number of rotatable bonds is 11. The average Bonchev–Trinajstić information content (AvgIpc) is 3.86. The minimum absolute atomic E-state index is 0.00373. The third-order valence-electron chi connectivity index (χ3n) is 17.3. The molecule has 0 unspecified atom stereocenters. The number of nitrogens with one attached hydrogen (secondary N) is 3. The fourth-order valence-corrected chi connectivity index (χ4v) is 15.0. The van der Waals surface area contributed by atoms with Crippen LogP contribution in [0.4, 0.5) is 28.4 Å². The van der Waals surface area contributed by atoms with Gasteiger partial charge in [-0.05, 0) is 124 Å². The van der Waals surface area contributed by atoms with Crippen molar-refractivity contribution in [2.75, 3.05) is 67.8 Å². The summed E-state index contributed by atoms with van der Waals surface area (Å²) in [6, 6.07) is 20.0. The number of aromatic nitrogens is 2. The van der Waals surface area contributed by atoms with Gasteiger partial charge in [0.05, 0.1) is 64.6 Å². The van der Waals surface area contributed by atoms with Crippen molar-refractivity contribution in [2.24, 2.45) is 11.3 Å². The first-order chi connectivity index (χ1) is 36.4. The highest BCUT2D eigenvalue weighted by Crippen LogP contribution is 2.54. The quantitative estimate of drug-likeness (QED) is 0.0483. The SMILES string of the molecule is Cc1ccccc1[C@@H]1COCCN1C1CC2(CCN(c3ccc(C(=O)NS(=O)(=O)c4cc5c(c([N+](=O)[O-])c4)N[C@H](C4CCC(C)(OP(=O)(O)O)CC4)CO5)c(N4c5cc6cc[nH]c6nc5O[C@H]5COCC[C@@H]54)c3)CC2)C1. The first kappa shape index (κ1) is 50.9. The van der Waals surface area contributed by atoms with Crippen molar-refractivity contribution in [1.82, 2.24) is 19.6 Å². The molecule has 5 fully saturated rings. The van der Waals surface area contributed by atoms with Crippen LogP contribution in [-0.2, 0) is 28.6 Å². The summed E-state index contributed by atoms with van der Waals surface area (Å²) in [5.74, 6) is -0.764. The predicted octanol–water partition coefficient (Wildman–Crippen LogP) is 7.64. The maximum Gasteiger partial charge on any atom is 0.470 e. The number of carbonyl (C=O) groups is 1. The number of hydrogen-bond acceptors (Lipinski definition) is 16. The van der Waals surface area contributed by atoms with E-state index in [0.717, 1.165) is 69.1 Å². The van der Waals surface area contributed by atoms with E-state index in [1.807, 2.05) is 29.2 Å². The Morgan fingerprint density at radius 3 is 2.49 bits per heavy atom. The van der Waals surface area contributed by atoms with Crippen LogP contribution >= 0.6 is 7.82 Å². The van der Waals surface area contributed by atoms with Crippen molar-refractivity contribution < 1.29 is 56.0 Å². The molecule has 5 N–H and O–H groups in total. The third kappa shape index (κ3) is 9.69. The molecule has 23 heteroatoms. The largest absolute Gasteiger partial charge is 0.489 e. The lowest BCUT2D eigenvalue weighted by Crippen LogP contribution is -2.58. The first-order valence-corrected chi connectivity index (χ1v) is 29.3. The normalized spacial score (nSPS) is 26.8. The van der Waals surface area contributed by atoms with Gasteiger partial charge < -0.3 is 48.8 Å². The molecule has 12 rings (SSSR count). The Morgan fingerprint density at radius 1 is 0.947 bits per heavy atom. The summed E-state index contributed by atoms with van der Waals surface area (Å²) >= 11 is 0. The van der Waals surface area contributed by atoms with E-state index in [1.165, 1.54) is 17.2 Å². The molecule has 404 valence electrons. The highest BCUT2D eigenvalue weighted by molar-refractivity contribution is 7.90. The molecule has 76 heavy (non-hydrogen) atoms. The molecule has 21 nitrogen and oxygen atoms in total. The number of aryl methyl sites for hydroxylation is 1. The summed E-state index contributed by atoms with van der Waals surface area (Å²) in [7, 11) is -9.50. The number of benzene rings is 3. The monoisotopic (exact) mass is 1080 g/mol. The van der Waals surface area contributed by atoms with E-state index >= 15 is 0 Å². The minimum Gasteiger partial charge on any atom is -0.489 e. The number of carbonyl (C=O) groups excluding carboxylic acids is 1. The van der Waals surface area contributed by atoms with Gasteiger partial charge >= 0.3 is 7.82 Å². The Bertz CT molecular complexity index is 3240. The number of anilines is 4. The minimum atomic E-state index is -4.78. The Morgan fingerprint density at radius 2 is 1.72 bits per heavy atom. The van der Waals surface area contributed by atoms with Crippen molar-refractivity contribution >= 4 is 63.2 Å². The number of piperidine rings is 1. The predicted molar refractivity (Wildman–Crippen MR) is 281 cm³/mol. The smallest absolute Gasteiger partial charge is 0.470 e. The molecule has 0 bridgehead atoms.